The summed E-state index contributed by atoms with van der Waals surface area (Å²) in [4.78, 5) is 19.1. The van der Waals surface area contributed by atoms with Crippen molar-refractivity contribution in [3.8, 4) is 0 Å². The first-order valence-corrected chi connectivity index (χ1v) is 9.99. The molecule has 0 radical (unpaired) electrons. The van der Waals surface area contributed by atoms with Crippen LogP contribution in [0.15, 0.2) is 46.2 Å². The number of rotatable bonds is 3. The van der Waals surface area contributed by atoms with Crippen LogP contribution in [0.3, 0.4) is 0 Å². The summed E-state index contributed by atoms with van der Waals surface area (Å²) in [6.07, 6.45) is 1.59. The number of benzene rings is 2. The van der Waals surface area contributed by atoms with E-state index in [0.29, 0.717) is 16.6 Å². The standard InChI is InChI=1S/C19H17FN4O3S/c1-10-5-13-15(6-11(10)2)22-8-16-18(13)24(19(25)23-16)9-12-3-4-17(14(20)7-12)28(21,26)27/h3-8H,9H2,1-2H3,(H,23,25)(H2,21,26,27). The van der Waals surface area contributed by atoms with Crippen molar-refractivity contribution in [1.29, 1.82) is 0 Å². The predicted octanol–water partition coefficient (Wildman–Crippen LogP) is 2.33. The first-order valence-electron chi connectivity index (χ1n) is 8.45. The molecule has 0 fully saturated rings. The van der Waals surface area contributed by atoms with E-state index in [4.69, 9.17) is 5.14 Å². The molecular formula is C19H17FN4O3S. The van der Waals surface area contributed by atoms with Crippen LogP contribution < -0.4 is 10.8 Å². The van der Waals surface area contributed by atoms with Crippen molar-refractivity contribution in [2.45, 2.75) is 25.3 Å². The van der Waals surface area contributed by atoms with Gasteiger partial charge in [0, 0.05) is 5.39 Å². The van der Waals surface area contributed by atoms with Gasteiger partial charge in [-0.1, -0.05) is 6.07 Å². The molecule has 0 unspecified atom stereocenters. The van der Waals surface area contributed by atoms with Crippen molar-refractivity contribution in [1.82, 2.24) is 14.5 Å². The molecule has 0 saturated carbocycles. The van der Waals surface area contributed by atoms with Gasteiger partial charge in [-0.2, -0.15) is 0 Å². The van der Waals surface area contributed by atoms with Crippen molar-refractivity contribution < 1.29 is 12.8 Å². The van der Waals surface area contributed by atoms with Gasteiger partial charge in [0.25, 0.3) is 0 Å². The normalized spacial score (nSPS) is 12.1. The number of halogens is 1. The second kappa shape index (κ2) is 6.25. The Morgan fingerprint density at radius 3 is 2.57 bits per heavy atom. The second-order valence-corrected chi connectivity index (χ2v) is 8.33. The van der Waals surface area contributed by atoms with E-state index >= 15 is 0 Å². The van der Waals surface area contributed by atoms with E-state index in [1.807, 2.05) is 26.0 Å². The zero-order valence-corrected chi connectivity index (χ0v) is 16.0. The van der Waals surface area contributed by atoms with Gasteiger partial charge in [-0.05, 0) is 54.8 Å². The minimum atomic E-state index is -4.15. The summed E-state index contributed by atoms with van der Waals surface area (Å²) in [5.74, 6) is -0.953. The third-order valence-electron chi connectivity index (χ3n) is 4.86. The number of H-pyrrole nitrogens is 1. The van der Waals surface area contributed by atoms with Crippen LogP contribution in [-0.4, -0.2) is 23.0 Å². The number of hydrogen-bond acceptors (Lipinski definition) is 4. The van der Waals surface area contributed by atoms with Crippen LogP contribution in [0.1, 0.15) is 16.7 Å². The molecule has 0 amide bonds. The Labute approximate surface area is 159 Å². The van der Waals surface area contributed by atoms with Crippen LogP contribution in [0, 0.1) is 19.7 Å². The van der Waals surface area contributed by atoms with Crippen LogP contribution in [0.2, 0.25) is 0 Å². The van der Waals surface area contributed by atoms with E-state index in [1.54, 1.807) is 6.20 Å². The zero-order valence-electron chi connectivity index (χ0n) is 15.2. The fourth-order valence-electron chi connectivity index (χ4n) is 3.31. The number of fused-ring (bicyclic) bond motifs is 3. The minimum Gasteiger partial charge on any atom is -0.304 e. The van der Waals surface area contributed by atoms with Crippen LogP contribution in [-0.2, 0) is 16.6 Å². The van der Waals surface area contributed by atoms with E-state index in [1.165, 1.54) is 10.6 Å². The monoisotopic (exact) mass is 400 g/mol. The van der Waals surface area contributed by atoms with E-state index in [2.05, 4.69) is 9.97 Å². The summed E-state index contributed by atoms with van der Waals surface area (Å²) in [6, 6.07) is 7.53. The summed E-state index contributed by atoms with van der Waals surface area (Å²) in [5, 5.41) is 5.80. The number of nitrogens with one attached hydrogen (secondary N) is 1. The van der Waals surface area contributed by atoms with E-state index in [0.717, 1.165) is 34.2 Å². The van der Waals surface area contributed by atoms with Crippen LogP contribution >= 0.6 is 0 Å². The lowest BCUT2D eigenvalue weighted by Gasteiger charge is -2.09. The number of imidazole rings is 1. The molecule has 0 atom stereocenters. The Balaban J connectivity index is 1.91. The molecule has 0 bridgehead atoms. The predicted molar refractivity (Wildman–Crippen MR) is 104 cm³/mol. The average molecular weight is 400 g/mol. The van der Waals surface area contributed by atoms with Crippen molar-refractivity contribution >= 4 is 32.0 Å². The van der Waals surface area contributed by atoms with Gasteiger partial charge in [-0.3, -0.25) is 9.55 Å². The smallest absolute Gasteiger partial charge is 0.304 e. The third-order valence-corrected chi connectivity index (χ3v) is 5.80. The molecule has 7 nitrogen and oxygen atoms in total. The highest BCUT2D eigenvalue weighted by Crippen LogP contribution is 2.25. The van der Waals surface area contributed by atoms with Gasteiger partial charge in [0.2, 0.25) is 10.0 Å². The molecule has 2 aromatic heterocycles. The fraction of sp³-hybridized carbons (Fsp3) is 0.158. The van der Waals surface area contributed by atoms with Crippen LogP contribution in [0.25, 0.3) is 21.9 Å². The van der Waals surface area contributed by atoms with Gasteiger partial charge in [0.05, 0.1) is 29.3 Å². The number of nitrogens with zero attached hydrogens (tertiary/aromatic N) is 2. The van der Waals surface area contributed by atoms with E-state index < -0.39 is 20.7 Å². The molecule has 0 spiro atoms. The molecule has 0 saturated heterocycles. The first kappa shape index (κ1) is 18.3. The molecule has 4 rings (SSSR count). The lowest BCUT2D eigenvalue weighted by molar-refractivity contribution is 0.566. The summed E-state index contributed by atoms with van der Waals surface area (Å²) >= 11 is 0. The Morgan fingerprint density at radius 2 is 1.89 bits per heavy atom. The van der Waals surface area contributed by atoms with Crippen LogP contribution in [0.5, 0.6) is 0 Å². The summed E-state index contributed by atoms with van der Waals surface area (Å²) in [5.41, 5.74) is 4.20. The topological polar surface area (TPSA) is 111 Å². The molecule has 2 heterocycles. The van der Waals surface area contributed by atoms with Gasteiger partial charge in [-0.25, -0.2) is 22.7 Å². The Kier molecular flexibility index (Phi) is 4.09. The van der Waals surface area contributed by atoms with Crippen LogP contribution in [0.4, 0.5) is 4.39 Å². The van der Waals surface area contributed by atoms with Crippen molar-refractivity contribution in [3.05, 3.63) is 69.5 Å². The fourth-order valence-corrected chi connectivity index (χ4v) is 3.90. The Bertz CT molecular complexity index is 1420. The van der Waals surface area contributed by atoms with Gasteiger partial charge < -0.3 is 4.98 Å². The van der Waals surface area contributed by atoms with E-state index in [-0.39, 0.29) is 12.2 Å². The molecular weight excluding hydrogens is 383 g/mol. The third kappa shape index (κ3) is 2.98. The highest BCUT2D eigenvalue weighted by Gasteiger charge is 2.17. The summed E-state index contributed by atoms with van der Waals surface area (Å²) in [6.45, 7) is 4.03. The highest BCUT2D eigenvalue weighted by atomic mass is 32.2. The highest BCUT2D eigenvalue weighted by molar-refractivity contribution is 7.89. The number of aryl methyl sites for hydroxylation is 2. The number of pyridine rings is 1. The van der Waals surface area contributed by atoms with Gasteiger partial charge in [0.1, 0.15) is 10.7 Å². The molecule has 9 heteroatoms. The largest absolute Gasteiger partial charge is 0.326 e. The molecule has 2 aromatic carbocycles. The number of aromatic amines is 1. The maximum absolute atomic E-state index is 14.2. The number of nitrogens with two attached hydrogens (primary N) is 1. The van der Waals surface area contributed by atoms with Gasteiger partial charge >= 0.3 is 5.69 Å². The molecule has 0 aliphatic heterocycles. The average Bonchev–Trinajstić information content (AvgIpc) is 2.91. The van der Waals surface area contributed by atoms with Crippen molar-refractivity contribution in [2.75, 3.05) is 0 Å². The van der Waals surface area contributed by atoms with Gasteiger partial charge in [0.15, 0.2) is 0 Å². The lowest BCUT2D eigenvalue weighted by Crippen LogP contribution is -2.18. The molecule has 28 heavy (non-hydrogen) atoms. The molecule has 3 N–H and O–H groups in total. The summed E-state index contributed by atoms with van der Waals surface area (Å²) < 4.78 is 38.4. The Hall–Kier alpha value is -3.04. The number of sulfonamides is 1. The summed E-state index contributed by atoms with van der Waals surface area (Å²) in [7, 11) is -4.15. The maximum atomic E-state index is 14.2. The molecule has 0 aliphatic rings. The minimum absolute atomic E-state index is 0.0622. The molecule has 0 aliphatic carbocycles. The van der Waals surface area contributed by atoms with Gasteiger partial charge in [-0.15, -0.1) is 0 Å². The quantitative estimate of drug-likeness (QED) is 0.550. The molecule has 4 aromatic rings. The first-order chi connectivity index (χ1) is 13.1. The zero-order chi connectivity index (χ0) is 20.2. The number of hydrogen-bond donors (Lipinski definition) is 2. The number of aromatic nitrogens is 3. The second-order valence-electron chi connectivity index (χ2n) is 6.80. The van der Waals surface area contributed by atoms with Crippen molar-refractivity contribution in [2.24, 2.45) is 5.14 Å². The SMILES string of the molecule is Cc1cc2ncc3[nH]c(=O)n(Cc4ccc(S(N)(=O)=O)c(F)c4)c3c2cc1C. The van der Waals surface area contributed by atoms with E-state index in [9.17, 15) is 17.6 Å². The lowest BCUT2D eigenvalue weighted by atomic mass is 10.1. The maximum Gasteiger partial charge on any atom is 0.326 e. The number of primary sulfonamides is 1. The Morgan fingerprint density at radius 1 is 1.18 bits per heavy atom. The molecule has 144 valence electrons. The van der Waals surface area contributed by atoms with Crippen molar-refractivity contribution in [3.63, 3.8) is 0 Å².